The summed E-state index contributed by atoms with van der Waals surface area (Å²) in [7, 11) is 0. The van der Waals surface area contributed by atoms with Crippen molar-refractivity contribution in [3.8, 4) is 5.75 Å². The molecule has 0 aliphatic carbocycles. The minimum Gasteiger partial charge on any atom is -0.482 e. The molecule has 10 heteroatoms. The number of benzene rings is 1. The number of nitrogens with zero attached hydrogens (tertiary/aromatic N) is 2. The van der Waals surface area contributed by atoms with Crippen molar-refractivity contribution in [1.82, 2.24) is 4.57 Å². The molecule has 1 N–H and O–H groups in total. The van der Waals surface area contributed by atoms with E-state index in [4.69, 9.17) is 14.6 Å². The molecule has 0 unspecified atom stereocenters. The fraction of sp³-hybridized carbons (Fsp3) is 0.217. The second-order valence-electron chi connectivity index (χ2n) is 7.07. The fourth-order valence-corrected chi connectivity index (χ4v) is 5.37. The molecule has 0 saturated carbocycles. The monoisotopic (exact) mass is 484 g/mol. The lowest BCUT2D eigenvalue weighted by Crippen LogP contribution is -2.39. The van der Waals surface area contributed by atoms with Crippen LogP contribution in [0.2, 0.25) is 0 Å². The quantitative estimate of drug-likeness (QED) is 0.516. The Bertz CT molecular complexity index is 1420. The highest BCUT2D eigenvalue weighted by atomic mass is 32.1. The summed E-state index contributed by atoms with van der Waals surface area (Å²) in [5, 5.41) is 10.7. The van der Waals surface area contributed by atoms with Crippen molar-refractivity contribution >= 4 is 40.7 Å². The number of thiophene rings is 1. The van der Waals surface area contributed by atoms with E-state index in [9.17, 15) is 14.4 Å². The van der Waals surface area contributed by atoms with Crippen molar-refractivity contribution in [2.24, 2.45) is 4.99 Å². The lowest BCUT2D eigenvalue weighted by Gasteiger charge is -2.23. The van der Waals surface area contributed by atoms with Crippen molar-refractivity contribution in [1.29, 1.82) is 0 Å². The number of carboxylic acids is 1. The Hall–Kier alpha value is -3.50. The third kappa shape index (κ3) is 4.67. The van der Waals surface area contributed by atoms with E-state index in [1.165, 1.54) is 27.2 Å². The first kappa shape index (κ1) is 22.7. The number of esters is 1. The molecule has 1 aliphatic rings. The zero-order valence-corrected chi connectivity index (χ0v) is 19.4. The Balaban J connectivity index is 1.83. The number of aliphatic carboxylic acids is 1. The zero-order valence-electron chi connectivity index (χ0n) is 17.8. The van der Waals surface area contributed by atoms with Crippen LogP contribution in [0.4, 0.5) is 0 Å². The van der Waals surface area contributed by atoms with Crippen LogP contribution in [-0.2, 0) is 14.3 Å². The summed E-state index contributed by atoms with van der Waals surface area (Å²) in [4.78, 5) is 42.8. The number of thiazole rings is 1. The largest absolute Gasteiger partial charge is 0.482 e. The summed E-state index contributed by atoms with van der Waals surface area (Å²) in [6, 6.07) is 9.95. The van der Waals surface area contributed by atoms with Gasteiger partial charge in [0, 0.05) is 4.88 Å². The van der Waals surface area contributed by atoms with Gasteiger partial charge in [0.05, 0.1) is 22.4 Å². The summed E-state index contributed by atoms with van der Waals surface area (Å²) < 4.78 is 12.5. The van der Waals surface area contributed by atoms with Crippen LogP contribution in [0.3, 0.4) is 0 Å². The third-order valence-corrected chi connectivity index (χ3v) is 6.76. The second kappa shape index (κ2) is 9.55. The van der Waals surface area contributed by atoms with E-state index >= 15 is 0 Å². The first-order valence-corrected chi connectivity index (χ1v) is 11.8. The number of carbonyl (C=O) groups is 2. The van der Waals surface area contributed by atoms with Gasteiger partial charge in [0.1, 0.15) is 11.8 Å². The summed E-state index contributed by atoms with van der Waals surface area (Å²) in [5.41, 5.74) is 1.27. The van der Waals surface area contributed by atoms with E-state index < -0.39 is 24.6 Å². The zero-order chi connectivity index (χ0) is 23.5. The Kier molecular flexibility index (Phi) is 6.57. The summed E-state index contributed by atoms with van der Waals surface area (Å²) >= 11 is 2.68. The number of ether oxygens (including phenoxy) is 2. The molecule has 3 aromatic rings. The fourth-order valence-electron chi connectivity index (χ4n) is 3.50. The maximum atomic E-state index is 13.5. The van der Waals surface area contributed by atoms with Crippen molar-refractivity contribution < 1.29 is 24.2 Å². The molecule has 33 heavy (non-hydrogen) atoms. The van der Waals surface area contributed by atoms with E-state index in [0.717, 1.165) is 4.88 Å². The van der Waals surface area contributed by atoms with Crippen molar-refractivity contribution in [3.05, 3.63) is 83.2 Å². The molecule has 8 nitrogen and oxygen atoms in total. The van der Waals surface area contributed by atoms with Crippen LogP contribution in [0.15, 0.2) is 62.8 Å². The van der Waals surface area contributed by atoms with Crippen LogP contribution in [0, 0.1) is 0 Å². The SMILES string of the molecule is CCOC(=O)C1=C(C)N=c2s/c(=C\c3cccc(OCC(=O)O)c3)c(=O)n2[C@H]1c1cccs1. The van der Waals surface area contributed by atoms with Crippen LogP contribution in [0.1, 0.15) is 30.3 Å². The van der Waals surface area contributed by atoms with Gasteiger partial charge >= 0.3 is 11.9 Å². The van der Waals surface area contributed by atoms with Gasteiger partial charge in [-0.1, -0.05) is 29.5 Å². The number of carboxylic acid groups (broad SMARTS) is 1. The number of hydrogen-bond donors (Lipinski definition) is 1. The molecule has 0 fully saturated rings. The number of rotatable bonds is 7. The van der Waals surface area contributed by atoms with Crippen molar-refractivity contribution in [2.75, 3.05) is 13.2 Å². The average molecular weight is 485 g/mol. The third-order valence-electron chi connectivity index (χ3n) is 4.85. The van der Waals surface area contributed by atoms with Gasteiger partial charge in [-0.25, -0.2) is 14.6 Å². The van der Waals surface area contributed by atoms with Crippen LogP contribution < -0.4 is 19.6 Å². The van der Waals surface area contributed by atoms with E-state index in [1.54, 1.807) is 44.2 Å². The van der Waals surface area contributed by atoms with Gasteiger partial charge in [0.2, 0.25) is 0 Å². The molecule has 3 heterocycles. The van der Waals surface area contributed by atoms with Crippen molar-refractivity contribution in [2.45, 2.75) is 19.9 Å². The summed E-state index contributed by atoms with van der Waals surface area (Å²) in [6.07, 6.45) is 1.70. The molecule has 1 atom stereocenters. The highest BCUT2D eigenvalue weighted by Crippen LogP contribution is 2.33. The normalized spacial score (nSPS) is 15.7. The van der Waals surface area contributed by atoms with E-state index in [2.05, 4.69) is 4.99 Å². The highest BCUT2D eigenvalue weighted by molar-refractivity contribution is 7.10. The van der Waals surface area contributed by atoms with Crippen LogP contribution in [0.5, 0.6) is 5.75 Å². The molecule has 0 spiro atoms. The van der Waals surface area contributed by atoms with Gasteiger partial charge in [-0.15, -0.1) is 11.3 Å². The molecule has 2 aromatic heterocycles. The highest BCUT2D eigenvalue weighted by Gasteiger charge is 2.33. The minimum atomic E-state index is -1.07. The Morgan fingerprint density at radius 3 is 2.79 bits per heavy atom. The molecular weight excluding hydrogens is 464 g/mol. The lowest BCUT2D eigenvalue weighted by molar-refractivity contribution is -0.140. The van der Waals surface area contributed by atoms with Crippen LogP contribution in [0.25, 0.3) is 6.08 Å². The predicted octanol–water partition coefficient (Wildman–Crippen LogP) is 2.32. The maximum Gasteiger partial charge on any atom is 0.341 e. The molecule has 0 radical (unpaired) electrons. The summed E-state index contributed by atoms with van der Waals surface area (Å²) in [6.45, 7) is 3.24. The molecule has 1 aliphatic heterocycles. The topological polar surface area (TPSA) is 107 Å². The second-order valence-corrected chi connectivity index (χ2v) is 9.06. The van der Waals surface area contributed by atoms with Crippen molar-refractivity contribution in [3.63, 3.8) is 0 Å². The lowest BCUT2D eigenvalue weighted by atomic mass is 10.0. The van der Waals surface area contributed by atoms with Gasteiger partial charge in [0.25, 0.3) is 5.56 Å². The predicted molar refractivity (Wildman–Crippen MR) is 124 cm³/mol. The van der Waals surface area contributed by atoms with Gasteiger partial charge in [0.15, 0.2) is 11.4 Å². The molecule has 170 valence electrons. The number of fused-ring (bicyclic) bond motifs is 1. The molecular formula is C23H20N2O6S2. The number of allylic oxidation sites excluding steroid dienone is 1. The Labute approximate surface area is 196 Å². The van der Waals surface area contributed by atoms with Crippen LogP contribution >= 0.6 is 22.7 Å². The van der Waals surface area contributed by atoms with E-state index in [1.807, 2.05) is 17.5 Å². The van der Waals surface area contributed by atoms with Crippen LogP contribution in [-0.4, -0.2) is 34.8 Å². The molecule has 4 rings (SSSR count). The summed E-state index contributed by atoms with van der Waals surface area (Å²) in [5.74, 6) is -1.18. The van der Waals surface area contributed by atoms with Gasteiger partial charge in [-0.3, -0.25) is 9.36 Å². The van der Waals surface area contributed by atoms with E-state index in [-0.39, 0.29) is 12.2 Å². The molecule has 0 amide bonds. The average Bonchev–Trinajstić information content (AvgIpc) is 3.41. The Morgan fingerprint density at radius 1 is 1.27 bits per heavy atom. The molecule has 1 aromatic carbocycles. The number of aromatic nitrogens is 1. The van der Waals surface area contributed by atoms with Gasteiger partial charge < -0.3 is 14.6 Å². The number of carbonyl (C=O) groups excluding carboxylic acids is 1. The van der Waals surface area contributed by atoms with Gasteiger partial charge in [-0.2, -0.15) is 0 Å². The molecule has 0 saturated heterocycles. The molecule has 0 bridgehead atoms. The first-order chi connectivity index (χ1) is 15.9. The maximum absolute atomic E-state index is 13.5. The smallest absolute Gasteiger partial charge is 0.341 e. The van der Waals surface area contributed by atoms with Gasteiger partial charge in [-0.05, 0) is 49.1 Å². The Morgan fingerprint density at radius 2 is 2.09 bits per heavy atom. The standard InChI is InChI=1S/C23H20N2O6S2/c1-3-30-22(29)19-13(2)24-23-25(20(19)16-8-5-9-32-16)21(28)17(33-23)11-14-6-4-7-15(10-14)31-12-18(26)27/h4-11,20H,3,12H2,1-2H3,(H,26,27)/b17-11-/t20-/m0/s1. The number of hydrogen-bond acceptors (Lipinski definition) is 8. The van der Waals surface area contributed by atoms with E-state index in [0.29, 0.717) is 31.9 Å². The minimum absolute atomic E-state index is 0.220. The first-order valence-electron chi connectivity index (χ1n) is 10.1.